The molecule has 21 heavy (non-hydrogen) atoms. The molecule has 0 radical (unpaired) electrons. The van der Waals surface area contributed by atoms with Crippen LogP contribution < -0.4 is 5.32 Å². The Balaban J connectivity index is 1.78. The van der Waals surface area contributed by atoms with Gasteiger partial charge in [0.05, 0.1) is 4.34 Å². The minimum atomic E-state index is 0.450. The second-order valence-electron chi connectivity index (χ2n) is 5.95. The van der Waals surface area contributed by atoms with Crippen molar-refractivity contribution in [1.82, 2.24) is 5.32 Å². The van der Waals surface area contributed by atoms with Crippen LogP contribution in [0.3, 0.4) is 0 Å². The highest BCUT2D eigenvalue weighted by atomic mass is 35.5. The number of hydrogen-bond donors (Lipinski definition) is 1. The third-order valence-electron chi connectivity index (χ3n) is 4.29. The molecule has 0 spiro atoms. The van der Waals surface area contributed by atoms with Gasteiger partial charge in [-0.05, 0) is 55.3 Å². The molecule has 0 amide bonds. The molecule has 1 nitrogen and oxygen atoms in total. The number of thiophene rings is 1. The van der Waals surface area contributed by atoms with E-state index in [2.05, 4.69) is 55.6 Å². The average Bonchev–Trinajstić information content (AvgIpc) is 3.21. The summed E-state index contributed by atoms with van der Waals surface area (Å²) in [6.07, 6.45) is 2.44. The van der Waals surface area contributed by atoms with Crippen LogP contribution in [0.25, 0.3) is 0 Å². The largest absolute Gasteiger partial charge is 0.309 e. The Morgan fingerprint density at radius 3 is 2.71 bits per heavy atom. The number of halogens is 1. The van der Waals surface area contributed by atoms with E-state index in [0.717, 1.165) is 17.3 Å². The molecule has 1 saturated carbocycles. The molecule has 0 aliphatic heterocycles. The van der Waals surface area contributed by atoms with Gasteiger partial charge in [0.25, 0.3) is 0 Å². The maximum atomic E-state index is 6.28. The molecule has 1 fully saturated rings. The van der Waals surface area contributed by atoms with Gasteiger partial charge in [0.15, 0.2) is 0 Å². The first kappa shape index (κ1) is 15.1. The van der Waals surface area contributed by atoms with Gasteiger partial charge in [-0.1, -0.05) is 48.9 Å². The molecule has 1 N–H and O–H groups in total. The molecular formula is C18H22ClNS. The summed E-state index contributed by atoms with van der Waals surface area (Å²) in [6, 6.07) is 13.6. The molecule has 1 aromatic heterocycles. The smallest absolute Gasteiger partial charge is 0.0960 e. The van der Waals surface area contributed by atoms with E-state index < -0.39 is 0 Å². The number of nitrogens with one attached hydrogen (secondary N) is 1. The van der Waals surface area contributed by atoms with Crippen molar-refractivity contribution in [3.8, 4) is 0 Å². The normalized spacial score (nSPS) is 22.2. The van der Waals surface area contributed by atoms with Gasteiger partial charge in [-0.25, -0.2) is 0 Å². The summed E-state index contributed by atoms with van der Waals surface area (Å²) in [5, 5.41) is 3.74. The van der Waals surface area contributed by atoms with Crippen LogP contribution in [-0.4, -0.2) is 6.54 Å². The Kier molecular flexibility index (Phi) is 4.68. The van der Waals surface area contributed by atoms with Gasteiger partial charge in [0.1, 0.15) is 0 Å². The second kappa shape index (κ2) is 6.51. The van der Waals surface area contributed by atoms with E-state index in [1.165, 1.54) is 22.4 Å². The zero-order valence-corrected chi connectivity index (χ0v) is 14.2. The zero-order valence-electron chi connectivity index (χ0n) is 12.6. The summed E-state index contributed by atoms with van der Waals surface area (Å²) < 4.78 is 0.935. The lowest BCUT2D eigenvalue weighted by Gasteiger charge is -2.17. The third kappa shape index (κ3) is 3.33. The van der Waals surface area contributed by atoms with Crippen molar-refractivity contribution in [2.24, 2.45) is 5.92 Å². The second-order valence-corrected chi connectivity index (χ2v) is 7.64. The van der Waals surface area contributed by atoms with E-state index in [1.807, 2.05) is 0 Å². The van der Waals surface area contributed by atoms with Gasteiger partial charge in [-0.15, -0.1) is 11.3 Å². The maximum Gasteiger partial charge on any atom is 0.0960 e. The van der Waals surface area contributed by atoms with E-state index in [0.29, 0.717) is 17.9 Å². The van der Waals surface area contributed by atoms with Crippen molar-refractivity contribution in [2.45, 2.75) is 38.6 Å². The molecule has 1 aromatic carbocycles. The van der Waals surface area contributed by atoms with Crippen molar-refractivity contribution < 1.29 is 0 Å². The summed E-state index contributed by atoms with van der Waals surface area (Å²) in [5.74, 6) is 1.40. The summed E-state index contributed by atoms with van der Waals surface area (Å²) in [6.45, 7) is 5.39. The first-order valence-electron chi connectivity index (χ1n) is 7.75. The summed E-state index contributed by atoms with van der Waals surface area (Å²) in [5.41, 5.74) is 2.68. The fraction of sp³-hybridized carbons (Fsp3) is 0.444. The van der Waals surface area contributed by atoms with Crippen molar-refractivity contribution >= 4 is 22.9 Å². The van der Waals surface area contributed by atoms with E-state index in [-0.39, 0.29) is 0 Å². The van der Waals surface area contributed by atoms with Crippen molar-refractivity contribution in [2.75, 3.05) is 6.54 Å². The van der Waals surface area contributed by atoms with Crippen LogP contribution in [0.5, 0.6) is 0 Å². The van der Waals surface area contributed by atoms with Crippen LogP contribution in [0, 0.1) is 12.8 Å². The van der Waals surface area contributed by atoms with Crippen LogP contribution >= 0.6 is 22.9 Å². The number of aryl methyl sites for hydroxylation is 1. The molecule has 0 bridgehead atoms. The quantitative estimate of drug-likeness (QED) is 0.735. The average molecular weight is 320 g/mol. The summed E-state index contributed by atoms with van der Waals surface area (Å²) in [7, 11) is 0. The molecule has 3 heteroatoms. The van der Waals surface area contributed by atoms with Crippen LogP contribution in [0.15, 0.2) is 36.4 Å². The van der Waals surface area contributed by atoms with Crippen molar-refractivity contribution in [1.29, 1.82) is 0 Å². The van der Waals surface area contributed by atoms with Gasteiger partial charge in [-0.3, -0.25) is 0 Å². The monoisotopic (exact) mass is 319 g/mol. The Morgan fingerprint density at radius 1 is 1.33 bits per heavy atom. The van der Waals surface area contributed by atoms with Crippen LogP contribution in [0.1, 0.15) is 47.7 Å². The molecule has 3 rings (SSSR count). The molecule has 1 aliphatic rings. The Hall–Kier alpha value is -0.830. The third-order valence-corrected chi connectivity index (χ3v) is 5.93. The molecule has 0 saturated heterocycles. The minimum absolute atomic E-state index is 0.450. The first-order valence-corrected chi connectivity index (χ1v) is 8.94. The predicted molar refractivity (Wildman–Crippen MR) is 92.4 cm³/mol. The Morgan fingerprint density at radius 2 is 2.10 bits per heavy atom. The highest BCUT2D eigenvalue weighted by Crippen LogP contribution is 2.55. The van der Waals surface area contributed by atoms with Gasteiger partial charge in [-0.2, -0.15) is 0 Å². The molecular weight excluding hydrogens is 298 g/mol. The number of benzene rings is 1. The topological polar surface area (TPSA) is 12.0 Å². The molecule has 112 valence electrons. The standard InChI is InChI=1S/C18H22ClNS/c1-3-9-20-17(16-10-12(2)18(19)21-16)15-11-14(15)13-7-5-4-6-8-13/h4-8,10,14-15,17,20H,3,9,11H2,1-2H3. The fourth-order valence-electron chi connectivity index (χ4n) is 3.07. The lowest BCUT2D eigenvalue weighted by molar-refractivity contribution is 0.480. The SMILES string of the molecule is CCCNC(c1cc(C)c(Cl)s1)C1CC1c1ccccc1. The fourth-order valence-corrected chi connectivity index (χ4v) is 4.44. The first-order chi connectivity index (χ1) is 10.2. The molecule has 3 atom stereocenters. The Bertz CT molecular complexity index is 573. The Labute approximate surface area is 136 Å². The number of hydrogen-bond acceptors (Lipinski definition) is 2. The van der Waals surface area contributed by atoms with E-state index in [9.17, 15) is 0 Å². The predicted octanol–water partition coefficient (Wildman–Crippen LogP) is 5.55. The van der Waals surface area contributed by atoms with Gasteiger partial charge < -0.3 is 5.32 Å². The molecule has 2 aromatic rings. The zero-order chi connectivity index (χ0) is 14.8. The van der Waals surface area contributed by atoms with E-state index >= 15 is 0 Å². The van der Waals surface area contributed by atoms with Crippen LogP contribution in [-0.2, 0) is 0 Å². The van der Waals surface area contributed by atoms with Gasteiger partial charge in [0, 0.05) is 10.9 Å². The van der Waals surface area contributed by atoms with Crippen LogP contribution in [0.2, 0.25) is 4.34 Å². The highest BCUT2D eigenvalue weighted by molar-refractivity contribution is 7.16. The van der Waals surface area contributed by atoms with Gasteiger partial charge >= 0.3 is 0 Å². The van der Waals surface area contributed by atoms with E-state index in [4.69, 9.17) is 11.6 Å². The highest BCUT2D eigenvalue weighted by Gasteiger charge is 2.44. The van der Waals surface area contributed by atoms with Crippen molar-refractivity contribution in [3.63, 3.8) is 0 Å². The lowest BCUT2D eigenvalue weighted by Crippen LogP contribution is -2.23. The summed E-state index contributed by atoms with van der Waals surface area (Å²) >= 11 is 8.02. The maximum absolute atomic E-state index is 6.28. The summed E-state index contributed by atoms with van der Waals surface area (Å²) in [4.78, 5) is 1.40. The van der Waals surface area contributed by atoms with E-state index in [1.54, 1.807) is 11.3 Å². The van der Waals surface area contributed by atoms with Crippen molar-refractivity contribution in [3.05, 3.63) is 56.7 Å². The minimum Gasteiger partial charge on any atom is -0.309 e. The lowest BCUT2D eigenvalue weighted by atomic mass is 10.0. The molecule has 1 aliphatic carbocycles. The van der Waals surface area contributed by atoms with Gasteiger partial charge in [0.2, 0.25) is 0 Å². The molecule has 1 heterocycles. The number of rotatable bonds is 6. The molecule has 3 unspecified atom stereocenters. The van der Waals surface area contributed by atoms with Crippen LogP contribution in [0.4, 0.5) is 0 Å².